The van der Waals surface area contributed by atoms with Crippen LogP contribution in [0.4, 0.5) is 0 Å². The second-order valence-electron chi connectivity index (χ2n) is 9.05. The molecular formula is C24H50. The molecule has 0 N–H and O–H groups in total. The molecule has 7 atom stereocenters. The molecule has 24 heavy (non-hydrogen) atoms. The van der Waals surface area contributed by atoms with Gasteiger partial charge in [0.25, 0.3) is 0 Å². The molecule has 0 heterocycles. The highest BCUT2D eigenvalue weighted by Crippen LogP contribution is 2.45. The molecule has 7 unspecified atom stereocenters. The van der Waals surface area contributed by atoms with Crippen molar-refractivity contribution >= 4 is 0 Å². The summed E-state index contributed by atoms with van der Waals surface area (Å²) in [6.07, 6.45) is 8.14. The molecule has 0 saturated carbocycles. The minimum absolute atomic E-state index is 0.798. The average Bonchev–Trinajstić information content (AvgIpc) is 2.56. The fourth-order valence-corrected chi connectivity index (χ4v) is 5.82. The Morgan fingerprint density at radius 3 is 1.38 bits per heavy atom. The number of rotatable bonds is 13. The summed E-state index contributed by atoms with van der Waals surface area (Å²) in [6.45, 7) is 24.6. The van der Waals surface area contributed by atoms with Crippen molar-refractivity contribution in [3.05, 3.63) is 0 Å². The first-order valence-electron chi connectivity index (χ1n) is 11.3. The molecule has 0 aliphatic rings. The van der Waals surface area contributed by atoms with Gasteiger partial charge in [0.15, 0.2) is 0 Å². The van der Waals surface area contributed by atoms with Crippen LogP contribution < -0.4 is 0 Å². The summed E-state index contributed by atoms with van der Waals surface area (Å²) in [5, 5.41) is 0. The van der Waals surface area contributed by atoms with Crippen LogP contribution in [0, 0.1) is 47.3 Å². The van der Waals surface area contributed by atoms with Gasteiger partial charge in [0.1, 0.15) is 0 Å². The molecule has 0 aromatic rings. The molecular weight excluding hydrogens is 288 g/mol. The molecule has 0 aromatic carbocycles. The fourth-order valence-electron chi connectivity index (χ4n) is 5.82. The zero-order valence-corrected chi connectivity index (χ0v) is 18.9. The zero-order chi connectivity index (χ0) is 18.9. The van der Waals surface area contributed by atoms with Crippen LogP contribution in [0.25, 0.3) is 0 Å². The molecule has 0 rings (SSSR count). The van der Waals surface area contributed by atoms with E-state index in [0.29, 0.717) is 0 Å². The SMILES string of the molecule is CCCC(C)C(CC)C(CC)C(CC)C(C(C)C)C(C)C(C)CC. The van der Waals surface area contributed by atoms with Gasteiger partial charge in [-0.25, -0.2) is 0 Å². The van der Waals surface area contributed by atoms with Crippen molar-refractivity contribution < 1.29 is 0 Å². The molecule has 0 aromatic heterocycles. The highest BCUT2D eigenvalue weighted by atomic mass is 14.4. The van der Waals surface area contributed by atoms with E-state index in [1.165, 1.54) is 38.5 Å². The van der Waals surface area contributed by atoms with E-state index in [9.17, 15) is 0 Å². The van der Waals surface area contributed by atoms with E-state index in [0.717, 1.165) is 47.3 Å². The minimum atomic E-state index is 0.798. The van der Waals surface area contributed by atoms with E-state index in [-0.39, 0.29) is 0 Å². The lowest BCUT2D eigenvalue weighted by molar-refractivity contribution is 0.0409. The van der Waals surface area contributed by atoms with Crippen LogP contribution in [0.5, 0.6) is 0 Å². The fraction of sp³-hybridized carbons (Fsp3) is 1.00. The second kappa shape index (κ2) is 12.4. The van der Waals surface area contributed by atoms with E-state index in [4.69, 9.17) is 0 Å². The van der Waals surface area contributed by atoms with Gasteiger partial charge in [0.05, 0.1) is 0 Å². The summed E-state index contributed by atoms with van der Waals surface area (Å²) in [5.74, 6) is 6.94. The Balaban J connectivity index is 5.58. The van der Waals surface area contributed by atoms with Gasteiger partial charge >= 0.3 is 0 Å². The van der Waals surface area contributed by atoms with Crippen molar-refractivity contribution in [3.8, 4) is 0 Å². The summed E-state index contributed by atoms with van der Waals surface area (Å²) >= 11 is 0. The summed E-state index contributed by atoms with van der Waals surface area (Å²) in [4.78, 5) is 0. The highest BCUT2D eigenvalue weighted by molar-refractivity contribution is 4.87. The molecule has 0 nitrogen and oxygen atoms in total. The maximum Gasteiger partial charge on any atom is -0.0332 e. The largest absolute Gasteiger partial charge is 0.0654 e. The smallest absolute Gasteiger partial charge is 0.0332 e. The Hall–Kier alpha value is 0. The van der Waals surface area contributed by atoms with Gasteiger partial charge in [0.2, 0.25) is 0 Å². The molecule has 0 spiro atoms. The first-order valence-corrected chi connectivity index (χ1v) is 11.3. The Labute approximate surface area is 155 Å². The van der Waals surface area contributed by atoms with Crippen molar-refractivity contribution in [1.82, 2.24) is 0 Å². The summed E-state index contributed by atoms with van der Waals surface area (Å²) in [7, 11) is 0. The van der Waals surface area contributed by atoms with Gasteiger partial charge in [-0.15, -0.1) is 0 Å². The molecule has 0 saturated heterocycles. The van der Waals surface area contributed by atoms with Gasteiger partial charge in [-0.3, -0.25) is 0 Å². The third kappa shape index (κ3) is 6.38. The maximum atomic E-state index is 2.55. The van der Waals surface area contributed by atoms with Crippen molar-refractivity contribution in [2.45, 2.75) is 108 Å². The average molecular weight is 339 g/mol. The molecule has 0 bridgehead atoms. The van der Waals surface area contributed by atoms with Gasteiger partial charge in [-0.2, -0.15) is 0 Å². The topological polar surface area (TPSA) is 0 Å². The van der Waals surface area contributed by atoms with Crippen molar-refractivity contribution in [3.63, 3.8) is 0 Å². The highest BCUT2D eigenvalue weighted by Gasteiger charge is 2.38. The maximum absolute atomic E-state index is 2.55. The lowest BCUT2D eigenvalue weighted by Crippen LogP contribution is -2.38. The normalized spacial score (nSPS) is 21.1. The van der Waals surface area contributed by atoms with E-state index in [1.54, 1.807) is 0 Å². The molecule has 0 radical (unpaired) electrons. The van der Waals surface area contributed by atoms with Gasteiger partial charge in [-0.05, 0) is 47.3 Å². The van der Waals surface area contributed by atoms with E-state index >= 15 is 0 Å². The van der Waals surface area contributed by atoms with Crippen LogP contribution in [0.2, 0.25) is 0 Å². The Kier molecular flexibility index (Phi) is 12.4. The Bertz CT molecular complexity index is 292. The van der Waals surface area contributed by atoms with E-state index in [1.807, 2.05) is 0 Å². The van der Waals surface area contributed by atoms with Crippen LogP contribution in [0.15, 0.2) is 0 Å². The Morgan fingerprint density at radius 1 is 0.542 bits per heavy atom. The van der Waals surface area contributed by atoms with Crippen molar-refractivity contribution in [2.75, 3.05) is 0 Å². The number of hydrogen-bond acceptors (Lipinski definition) is 0. The summed E-state index contributed by atoms with van der Waals surface area (Å²) < 4.78 is 0. The van der Waals surface area contributed by atoms with Gasteiger partial charge < -0.3 is 0 Å². The van der Waals surface area contributed by atoms with Crippen LogP contribution in [-0.4, -0.2) is 0 Å². The third-order valence-electron chi connectivity index (χ3n) is 7.40. The lowest BCUT2D eigenvalue weighted by Gasteiger charge is -2.45. The monoisotopic (exact) mass is 338 g/mol. The van der Waals surface area contributed by atoms with Crippen LogP contribution >= 0.6 is 0 Å². The standard InChI is InChI=1S/C24H50/c1-11-16-19(9)21(13-3)22(14-4)23(15-5)24(17(6)7)20(10)18(8)12-2/h17-24H,11-16H2,1-10H3. The molecule has 0 fully saturated rings. The minimum Gasteiger partial charge on any atom is -0.0654 e. The van der Waals surface area contributed by atoms with Crippen LogP contribution in [-0.2, 0) is 0 Å². The van der Waals surface area contributed by atoms with Crippen LogP contribution in [0.1, 0.15) is 108 Å². The molecule has 146 valence electrons. The predicted octanol–water partition coefficient (Wildman–Crippen LogP) is 8.46. The van der Waals surface area contributed by atoms with Gasteiger partial charge in [-0.1, -0.05) is 108 Å². The molecule has 0 amide bonds. The van der Waals surface area contributed by atoms with E-state index < -0.39 is 0 Å². The predicted molar refractivity (Wildman–Crippen MR) is 112 cm³/mol. The second-order valence-corrected chi connectivity index (χ2v) is 9.05. The summed E-state index contributed by atoms with van der Waals surface area (Å²) in [5.41, 5.74) is 0. The van der Waals surface area contributed by atoms with Gasteiger partial charge in [0, 0.05) is 0 Å². The van der Waals surface area contributed by atoms with E-state index in [2.05, 4.69) is 69.2 Å². The van der Waals surface area contributed by atoms with Crippen molar-refractivity contribution in [1.29, 1.82) is 0 Å². The number of hydrogen-bond donors (Lipinski definition) is 0. The molecule has 0 heteroatoms. The molecule has 0 aliphatic carbocycles. The first kappa shape index (κ1) is 24.0. The summed E-state index contributed by atoms with van der Waals surface area (Å²) in [6, 6.07) is 0. The third-order valence-corrected chi connectivity index (χ3v) is 7.40. The lowest BCUT2D eigenvalue weighted by atomic mass is 9.61. The molecule has 0 aliphatic heterocycles. The van der Waals surface area contributed by atoms with Crippen LogP contribution in [0.3, 0.4) is 0 Å². The Morgan fingerprint density at radius 2 is 1.04 bits per heavy atom. The zero-order valence-electron chi connectivity index (χ0n) is 18.9. The first-order chi connectivity index (χ1) is 11.3. The quantitative estimate of drug-likeness (QED) is 0.316. The van der Waals surface area contributed by atoms with Crippen molar-refractivity contribution in [2.24, 2.45) is 47.3 Å².